The van der Waals surface area contributed by atoms with Crippen molar-refractivity contribution in [1.82, 2.24) is 10.2 Å². The van der Waals surface area contributed by atoms with E-state index < -0.39 is 6.04 Å². The second-order valence-corrected chi connectivity index (χ2v) is 8.60. The van der Waals surface area contributed by atoms with Gasteiger partial charge in [0.1, 0.15) is 6.04 Å². The smallest absolute Gasteiger partial charge is 0.243 e. The molecular weight excluding hydrogens is 370 g/mol. The van der Waals surface area contributed by atoms with Crippen LogP contribution in [0.1, 0.15) is 44.1 Å². The Morgan fingerprint density at radius 3 is 2.83 bits per heavy atom. The zero-order valence-electron chi connectivity index (χ0n) is 16.5. The lowest BCUT2D eigenvalue weighted by molar-refractivity contribution is -0.140. The lowest BCUT2D eigenvalue weighted by Gasteiger charge is -2.28. The van der Waals surface area contributed by atoms with Gasteiger partial charge in [0.25, 0.3) is 0 Å². The molecule has 0 aromatic heterocycles. The third-order valence-electron chi connectivity index (χ3n) is 6.49. The van der Waals surface area contributed by atoms with E-state index in [1.54, 1.807) is 9.80 Å². The number of fused-ring (bicyclic) bond motifs is 1. The zero-order chi connectivity index (χ0) is 20.0. The van der Waals surface area contributed by atoms with E-state index in [-0.39, 0.29) is 42.3 Å². The summed E-state index contributed by atoms with van der Waals surface area (Å²) in [7, 11) is 0. The minimum absolute atomic E-state index is 0.0132. The Morgan fingerprint density at radius 1 is 1.21 bits per heavy atom. The number of carbonyl (C=O) groups excluding carboxylic acids is 3. The molecule has 3 heterocycles. The number of carbonyl (C=O) groups is 3. The molecule has 4 aliphatic rings. The first-order chi connectivity index (χ1) is 14.1. The molecule has 4 fully saturated rings. The number of ether oxygens (including phenoxy) is 1. The predicted molar refractivity (Wildman–Crippen MR) is 106 cm³/mol. The summed E-state index contributed by atoms with van der Waals surface area (Å²) in [6.07, 6.45) is 5.06. The summed E-state index contributed by atoms with van der Waals surface area (Å²) in [5, 5.41) is 3.05. The van der Waals surface area contributed by atoms with Crippen LogP contribution in [0.25, 0.3) is 0 Å². The molecule has 1 aliphatic carbocycles. The highest BCUT2D eigenvalue weighted by Crippen LogP contribution is 2.35. The number of nitrogens with zero attached hydrogens (tertiary/aromatic N) is 2. The second-order valence-electron chi connectivity index (χ2n) is 8.60. The zero-order valence-corrected chi connectivity index (χ0v) is 16.5. The van der Waals surface area contributed by atoms with Gasteiger partial charge in [0, 0.05) is 37.7 Å². The van der Waals surface area contributed by atoms with Gasteiger partial charge in [-0.2, -0.15) is 0 Å². The maximum absolute atomic E-state index is 13.3. The molecular formula is C22H27N3O4. The first kappa shape index (κ1) is 18.6. The van der Waals surface area contributed by atoms with Crippen molar-refractivity contribution in [3.8, 4) is 0 Å². The van der Waals surface area contributed by atoms with Gasteiger partial charge < -0.3 is 19.9 Å². The number of amides is 3. The third-order valence-corrected chi connectivity index (χ3v) is 6.49. The van der Waals surface area contributed by atoms with Gasteiger partial charge in [-0.3, -0.25) is 14.4 Å². The Hall–Kier alpha value is -2.41. The van der Waals surface area contributed by atoms with E-state index in [1.807, 2.05) is 24.3 Å². The minimum Gasteiger partial charge on any atom is -0.376 e. The lowest BCUT2D eigenvalue weighted by Crippen LogP contribution is -2.50. The van der Waals surface area contributed by atoms with Crippen molar-refractivity contribution in [1.29, 1.82) is 0 Å². The minimum atomic E-state index is -0.443. The number of rotatable bonds is 5. The average Bonchev–Trinajstić information content (AvgIpc) is 3.08. The van der Waals surface area contributed by atoms with E-state index in [4.69, 9.17) is 4.74 Å². The number of benzene rings is 1. The summed E-state index contributed by atoms with van der Waals surface area (Å²) in [5.74, 6) is 0.0508. The number of likely N-dealkylation sites (tertiary alicyclic amines) is 1. The van der Waals surface area contributed by atoms with Crippen molar-refractivity contribution in [3.05, 3.63) is 29.8 Å². The largest absolute Gasteiger partial charge is 0.376 e. The normalized spacial score (nSPS) is 28.7. The van der Waals surface area contributed by atoms with Crippen LogP contribution in [0.3, 0.4) is 0 Å². The molecule has 1 aromatic rings. The van der Waals surface area contributed by atoms with Crippen LogP contribution in [0.15, 0.2) is 24.3 Å². The molecule has 0 spiro atoms. The van der Waals surface area contributed by atoms with Crippen LogP contribution < -0.4 is 10.2 Å². The monoisotopic (exact) mass is 397 g/mol. The predicted octanol–water partition coefficient (Wildman–Crippen LogP) is 1.39. The molecule has 3 amide bonds. The fraction of sp³-hybridized carbons (Fsp3) is 0.591. The van der Waals surface area contributed by atoms with E-state index in [1.165, 1.54) is 0 Å². The van der Waals surface area contributed by atoms with Gasteiger partial charge >= 0.3 is 0 Å². The van der Waals surface area contributed by atoms with Gasteiger partial charge in [-0.05, 0) is 43.4 Å². The standard InChI is InChI=1S/C22H27N3O4/c26-20-5-2-9-24(20)16-4-1-3-14(11-16)12-21(27)25-17-8-10-29-19(17)13-18(25)22(28)23-15-6-7-15/h1,3-4,11,15,17-19H,2,5-10,12-13H2,(H,23,28)/t17-,18-,19-/m0/s1. The summed E-state index contributed by atoms with van der Waals surface area (Å²) >= 11 is 0. The second kappa shape index (κ2) is 7.44. The van der Waals surface area contributed by atoms with Gasteiger partial charge in [0.05, 0.1) is 18.6 Å². The van der Waals surface area contributed by atoms with Crippen molar-refractivity contribution >= 4 is 23.4 Å². The van der Waals surface area contributed by atoms with Gasteiger partial charge in [-0.25, -0.2) is 0 Å². The molecule has 3 saturated heterocycles. The average molecular weight is 397 g/mol. The molecule has 1 saturated carbocycles. The molecule has 1 N–H and O–H groups in total. The van der Waals surface area contributed by atoms with Crippen LogP contribution in [-0.2, 0) is 25.5 Å². The van der Waals surface area contributed by atoms with Crippen LogP contribution in [0.4, 0.5) is 5.69 Å². The van der Waals surface area contributed by atoms with Gasteiger partial charge in [0.2, 0.25) is 17.7 Å². The van der Waals surface area contributed by atoms with Crippen molar-refractivity contribution < 1.29 is 19.1 Å². The quantitative estimate of drug-likeness (QED) is 0.815. The number of hydrogen-bond donors (Lipinski definition) is 1. The summed E-state index contributed by atoms with van der Waals surface area (Å²) in [5.41, 5.74) is 1.72. The number of hydrogen-bond acceptors (Lipinski definition) is 4. The molecule has 154 valence electrons. The van der Waals surface area contributed by atoms with Crippen LogP contribution in [0.5, 0.6) is 0 Å². The Kier molecular flexibility index (Phi) is 4.78. The maximum Gasteiger partial charge on any atom is 0.243 e. The van der Waals surface area contributed by atoms with E-state index in [0.717, 1.165) is 43.5 Å². The van der Waals surface area contributed by atoms with Gasteiger partial charge in [-0.1, -0.05) is 12.1 Å². The molecule has 29 heavy (non-hydrogen) atoms. The summed E-state index contributed by atoms with van der Waals surface area (Å²) in [6.45, 7) is 1.37. The highest BCUT2D eigenvalue weighted by molar-refractivity contribution is 5.95. The number of nitrogens with one attached hydrogen (secondary N) is 1. The van der Waals surface area contributed by atoms with Crippen molar-refractivity contribution in [3.63, 3.8) is 0 Å². The van der Waals surface area contributed by atoms with Crippen molar-refractivity contribution in [2.75, 3.05) is 18.1 Å². The molecule has 7 heteroatoms. The van der Waals surface area contributed by atoms with Gasteiger partial charge in [0.15, 0.2) is 0 Å². The van der Waals surface area contributed by atoms with Crippen LogP contribution in [0, 0.1) is 0 Å². The summed E-state index contributed by atoms with van der Waals surface area (Å²) in [4.78, 5) is 41.6. The van der Waals surface area contributed by atoms with Crippen molar-refractivity contribution in [2.24, 2.45) is 0 Å². The SMILES string of the molecule is O=C(NC1CC1)[C@@H]1C[C@@H]2OCC[C@@H]2N1C(=O)Cc1cccc(N2CCCC2=O)c1. The van der Waals surface area contributed by atoms with E-state index in [9.17, 15) is 14.4 Å². The van der Waals surface area contributed by atoms with E-state index >= 15 is 0 Å². The molecule has 0 unspecified atom stereocenters. The third kappa shape index (κ3) is 3.64. The maximum atomic E-state index is 13.3. The summed E-state index contributed by atoms with van der Waals surface area (Å²) < 4.78 is 5.79. The topological polar surface area (TPSA) is 79.0 Å². The van der Waals surface area contributed by atoms with E-state index in [2.05, 4.69) is 5.32 Å². The molecule has 5 rings (SSSR count). The fourth-order valence-corrected chi connectivity index (χ4v) is 4.88. The summed E-state index contributed by atoms with van der Waals surface area (Å²) in [6, 6.07) is 7.48. The molecule has 1 aromatic carbocycles. The van der Waals surface area contributed by atoms with Crippen LogP contribution >= 0.6 is 0 Å². The molecule has 0 bridgehead atoms. The van der Waals surface area contributed by atoms with Gasteiger partial charge in [-0.15, -0.1) is 0 Å². The van der Waals surface area contributed by atoms with Crippen molar-refractivity contribution in [2.45, 2.75) is 69.2 Å². The Balaban J connectivity index is 1.33. The molecule has 3 aliphatic heterocycles. The van der Waals surface area contributed by atoms with Crippen LogP contribution in [-0.4, -0.2) is 60.0 Å². The number of anilines is 1. The fourth-order valence-electron chi connectivity index (χ4n) is 4.88. The Labute approximate surface area is 170 Å². The Morgan fingerprint density at radius 2 is 2.07 bits per heavy atom. The molecule has 3 atom stereocenters. The first-order valence-electron chi connectivity index (χ1n) is 10.7. The Bertz CT molecular complexity index is 837. The van der Waals surface area contributed by atoms with Crippen LogP contribution in [0.2, 0.25) is 0 Å². The lowest BCUT2D eigenvalue weighted by atomic mass is 10.1. The first-order valence-corrected chi connectivity index (χ1v) is 10.7. The van der Waals surface area contributed by atoms with E-state index in [0.29, 0.717) is 19.4 Å². The highest BCUT2D eigenvalue weighted by atomic mass is 16.5. The molecule has 7 nitrogen and oxygen atoms in total. The highest BCUT2D eigenvalue weighted by Gasteiger charge is 2.50. The molecule has 0 radical (unpaired) electrons.